The number of hydrogen-bond donors (Lipinski definition) is 1. The molecule has 7 heteroatoms. The molecule has 0 aliphatic heterocycles. The zero-order chi connectivity index (χ0) is 15.2. The second kappa shape index (κ2) is 6.94. The first-order chi connectivity index (χ1) is 10.1. The van der Waals surface area contributed by atoms with Crippen molar-refractivity contribution in [2.75, 3.05) is 25.6 Å². The van der Waals surface area contributed by atoms with Crippen molar-refractivity contribution in [3.8, 4) is 0 Å². The third-order valence-corrected chi connectivity index (χ3v) is 3.04. The molecule has 0 aliphatic rings. The predicted molar refractivity (Wildman–Crippen MR) is 76.0 cm³/mol. The van der Waals surface area contributed by atoms with Crippen LogP contribution in [0.5, 0.6) is 0 Å². The minimum Gasteiger partial charge on any atom is -0.467 e. The van der Waals surface area contributed by atoms with E-state index in [1.54, 1.807) is 38.2 Å². The summed E-state index contributed by atoms with van der Waals surface area (Å²) in [5.74, 6) is 1.28. The molecule has 0 bridgehead atoms. The number of hydrogen-bond acceptors (Lipinski definition) is 5. The fourth-order valence-corrected chi connectivity index (χ4v) is 1.89. The van der Waals surface area contributed by atoms with Crippen molar-refractivity contribution in [3.63, 3.8) is 0 Å². The Morgan fingerprint density at radius 1 is 1.48 bits per heavy atom. The summed E-state index contributed by atoms with van der Waals surface area (Å²) in [6, 6.07) is 3.36. The van der Waals surface area contributed by atoms with Gasteiger partial charge in [-0.2, -0.15) is 0 Å². The van der Waals surface area contributed by atoms with E-state index in [0.717, 1.165) is 0 Å². The number of aryl methyl sites for hydroxylation is 2. The molecule has 2 amide bonds. The molecule has 0 fully saturated rings. The van der Waals surface area contributed by atoms with Gasteiger partial charge in [-0.1, -0.05) is 5.16 Å². The van der Waals surface area contributed by atoms with E-state index < -0.39 is 0 Å². The average molecular weight is 293 g/mol. The molecule has 2 aromatic rings. The molecule has 0 saturated carbocycles. The van der Waals surface area contributed by atoms with Crippen LogP contribution in [0.4, 0.5) is 10.5 Å². The Labute approximate surface area is 122 Å². The fraction of sp³-hybridized carbons (Fsp3) is 0.429. The number of aromatic nitrogens is 1. The van der Waals surface area contributed by atoms with Gasteiger partial charge >= 0.3 is 6.03 Å². The Morgan fingerprint density at radius 2 is 2.29 bits per heavy atom. The molecular weight excluding hydrogens is 274 g/mol. The number of urea groups is 1. The average Bonchev–Trinajstić information content (AvgIpc) is 3.08. The second-order valence-electron chi connectivity index (χ2n) is 4.62. The molecule has 0 radical (unpaired) electrons. The number of rotatable bonds is 6. The van der Waals surface area contributed by atoms with Gasteiger partial charge in [-0.3, -0.25) is 0 Å². The van der Waals surface area contributed by atoms with Crippen molar-refractivity contribution >= 4 is 11.7 Å². The molecule has 2 rings (SSSR count). The monoisotopic (exact) mass is 293 g/mol. The van der Waals surface area contributed by atoms with Crippen LogP contribution < -0.4 is 5.32 Å². The summed E-state index contributed by atoms with van der Waals surface area (Å²) >= 11 is 0. The SMILES string of the molecule is COCCN(Cc1ccco1)C(=O)Nc1c(C)noc1C. The number of carbonyl (C=O) groups excluding carboxylic acids is 1. The standard InChI is InChI=1S/C14H19N3O4/c1-10-13(11(2)21-16-10)15-14(18)17(6-8-19-3)9-12-5-4-7-20-12/h4-5,7H,6,8-9H2,1-3H3,(H,15,18). The second-order valence-corrected chi connectivity index (χ2v) is 4.62. The van der Waals surface area contributed by atoms with Crippen LogP contribution in [0.1, 0.15) is 17.2 Å². The zero-order valence-corrected chi connectivity index (χ0v) is 12.4. The molecule has 2 heterocycles. The van der Waals surface area contributed by atoms with Gasteiger partial charge in [0.05, 0.1) is 19.4 Å². The molecule has 21 heavy (non-hydrogen) atoms. The van der Waals surface area contributed by atoms with E-state index in [9.17, 15) is 4.79 Å². The van der Waals surface area contributed by atoms with E-state index in [2.05, 4.69) is 10.5 Å². The highest BCUT2D eigenvalue weighted by Crippen LogP contribution is 2.19. The minimum atomic E-state index is -0.252. The number of carbonyl (C=O) groups is 1. The van der Waals surface area contributed by atoms with Crippen molar-refractivity contribution in [2.45, 2.75) is 20.4 Å². The summed E-state index contributed by atoms with van der Waals surface area (Å²) < 4.78 is 15.4. The Bertz CT molecular complexity index is 558. The van der Waals surface area contributed by atoms with Crippen LogP contribution in [-0.4, -0.2) is 36.3 Å². The third-order valence-electron chi connectivity index (χ3n) is 3.04. The maximum atomic E-state index is 12.4. The van der Waals surface area contributed by atoms with Crippen LogP contribution in [0.2, 0.25) is 0 Å². The number of amides is 2. The summed E-state index contributed by atoms with van der Waals surface area (Å²) in [4.78, 5) is 14.0. The molecular formula is C14H19N3O4. The Balaban J connectivity index is 2.06. The third kappa shape index (κ3) is 3.85. The highest BCUT2D eigenvalue weighted by Gasteiger charge is 2.18. The largest absolute Gasteiger partial charge is 0.467 e. The highest BCUT2D eigenvalue weighted by molar-refractivity contribution is 5.90. The van der Waals surface area contributed by atoms with E-state index in [1.807, 2.05) is 6.07 Å². The summed E-state index contributed by atoms with van der Waals surface area (Å²) in [7, 11) is 1.59. The number of nitrogens with one attached hydrogen (secondary N) is 1. The topological polar surface area (TPSA) is 80.7 Å². The van der Waals surface area contributed by atoms with Crippen LogP contribution in [-0.2, 0) is 11.3 Å². The lowest BCUT2D eigenvalue weighted by atomic mass is 10.3. The minimum absolute atomic E-state index is 0.252. The Kier molecular flexibility index (Phi) is 4.99. The molecule has 0 atom stereocenters. The van der Waals surface area contributed by atoms with Crippen LogP contribution in [0, 0.1) is 13.8 Å². The Morgan fingerprint density at radius 3 is 2.86 bits per heavy atom. The summed E-state index contributed by atoms with van der Waals surface area (Å²) in [6.45, 7) is 4.79. The number of ether oxygens (including phenoxy) is 1. The summed E-state index contributed by atoms with van der Waals surface area (Å²) in [5.41, 5.74) is 1.24. The van der Waals surface area contributed by atoms with E-state index in [-0.39, 0.29) is 6.03 Å². The van der Waals surface area contributed by atoms with E-state index >= 15 is 0 Å². The lowest BCUT2D eigenvalue weighted by Crippen LogP contribution is -2.37. The predicted octanol–water partition coefficient (Wildman–Crippen LogP) is 2.56. The zero-order valence-electron chi connectivity index (χ0n) is 12.4. The van der Waals surface area contributed by atoms with Gasteiger partial charge in [-0.05, 0) is 26.0 Å². The molecule has 114 valence electrons. The van der Waals surface area contributed by atoms with E-state index in [0.29, 0.717) is 42.6 Å². The molecule has 0 aromatic carbocycles. The van der Waals surface area contributed by atoms with Crippen LogP contribution in [0.15, 0.2) is 27.3 Å². The molecule has 7 nitrogen and oxygen atoms in total. The van der Waals surface area contributed by atoms with Crippen LogP contribution >= 0.6 is 0 Å². The molecule has 1 N–H and O–H groups in total. The number of methoxy groups -OCH3 is 1. The van der Waals surface area contributed by atoms with Gasteiger partial charge in [-0.25, -0.2) is 4.79 Å². The summed E-state index contributed by atoms with van der Waals surface area (Å²) in [5, 5.41) is 6.63. The summed E-state index contributed by atoms with van der Waals surface area (Å²) in [6.07, 6.45) is 1.58. The van der Waals surface area contributed by atoms with Crippen molar-refractivity contribution in [1.82, 2.24) is 10.1 Å². The van der Waals surface area contributed by atoms with E-state index in [4.69, 9.17) is 13.7 Å². The van der Waals surface area contributed by atoms with Gasteiger partial charge in [0.25, 0.3) is 0 Å². The van der Waals surface area contributed by atoms with Crippen molar-refractivity contribution in [3.05, 3.63) is 35.6 Å². The van der Waals surface area contributed by atoms with Gasteiger partial charge in [0, 0.05) is 13.7 Å². The normalized spacial score (nSPS) is 10.6. The van der Waals surface area contributed by atoms with Crippen molar-refractivity contribution < 1.29 is 18.5 Å². The van der Waals surface area contributed by atoms with Gasteiger partial charge in [0.15, 0.2) is 5.76 Å². The van der Waals surface area contributed by atoms with E-state index in [1.165, 1.54) is 0 Å². The fourth-order valence-electron chi connectivity index (χ4n) is 1.89. The highest BCUT2D eigenvalue weighted by atomic mass is 16.5. The van der Waals surface area contributed by atoms with Crippen molar-refractivity contribution in [2.24, 2.45) is 0 Å². The number of nitrogens with zero attached hydrogens (tertiary/aromatic N) is 2. The first-order valence-corrected chi connectivity index (χ1v) is 6.62. The number of furan rings is 1. The van der Waals surface area contributed by atoms with Gasteiger partial charge < -0.3 is 23.9 Å². The number of anilines is 1. The molecule has 0 aliphatic carbocycles. The maximum absolute atomic E-state index is 12.4. The lowest BCUT2D eigenvalue weighted by molar-refractivity contribution is 0.149. The van der Waals surface area contributed by atoms with Gasteiger partial charge in [0.2, 0.25) is 0 Å². The Hall–Kier alpha value is -2.28. The molecule has 0 spiro atoms. The van der Waals surface area contributed by atoms with Crippen LogP contribution in [0.3, 0.4) is 0 Å². The van der Waals surface area contributed by atoms with Crippen LogP contribution in [0.25, 0.3) is 0 Å². The first-order valence-electron chi connectivity index (χ1n) is 6.62. The van der Waals surface area contributed by atoms with Crippen molar-refractivity contribution in [1.29, 1.82) is 0 Å². The van der Waals surface area contributed by atoms with Gasteiger partial charge in [-0.15, -0.1) is 0 Å². The first kappa shape index (κ1) is 15.1. The molecule has 0 saturated heterocycles. The van der Waals surface area contributed by atoms with Gasteiger partial charge in [0.1, 0.15) is 17.1 Å². The quantitative estimate of drug-likeness (QED) is 0.885. The smallest absolute Gasteiger partial charge is 0.322 e. The maximum Gasteiger partial charge on any atom is 0.322 e. The molecule has 2 aromatic heterocycles. The molecule has 0 unspecified atom stereocenters. The lowest BCUT2D eigenvalue weighted by Gasteiger charge is -2.21.